The summed E-state index contributed by atoms with van der Waals surface area (Å²) in [4.78, 5) is 2.58. The van der Waals surface area contributed by atoms with Crippen LogP contribution in [0.3, 0.4) is 0 Å². The molecule has 6 rings (SSSR count). The summed E-state index contributed by atoms with van der Waals surface area (Å²) in [5, 5.41) is 5.09. The molecule has 40 heavy (non-hydrogen) atoms. The van der Waals surface area contributed by atoms with Crippen molar-refractivity contribution in [1.82, 2.24) is 0 Å². The summed E-state index contributed by atoms with van der Waals surface area (Å²) in [5.74, 6) is 0. The predicted molar refractivity (Wildman–Crippen MR) is 181 cm³/mol. The first-order chi connectivity index (χ1) is 19.5. The number of thioether (sulfide) groups is 2. The fraction of sp³-hybridized carbons (Fsp3) is 0.105. The van der Waals surface area contributed by atoms with Crippen LogP contribution in [0.5, 0.6) is 0 Å². The Morgan fingerprint density at radius 2 is 0.875 bits per heavy atom. The summed E-state index contributed by atoms with van der Waals surface area (Å²) in [5.41, 5.74) is 10.3. The van der Waals surface area contributed by atoms with Crippen molar-refractivity contribution in [1.29, 1.82) is 0 Å². The Morgan fingerprint density at radius 3 is 1.27 bits per heavy atom. The van der Waals surface area contributed by atoms with Gasteiger partial charge in [0, 0.05) is 9.79 Å². The van der Waals surface area contributed by atoms with Crippen molar-refractivity contribution >= 4 is 57.2 Å². The molecule has 2 heteroatoms. The average Bonchev–Trinajstić information content (AvgIpc) is 2.99. The maximum atomic E-state index is 2.34. The third-order valence-electron chi connectivity index (χ3n) is 7.73. The highest BCUT2D eigenvalue weighted by atomic mass is 32.2. The SMILES string of the molecule is CSc1cc2cc(-c3ccccc3C)ccc2cc1/C=C/c1cc2ccc(-c3ccccc3C)cc2cc1SC. The van der Waals surface area contributed by atoms with Gasteiger partial charge in [0.25, 0.3) is 0 Å². The van der Waals surface area contributed by atoms with E-state index in [1.54, 1.807) is 23.5 Å². The third-order valence-corrected chi connectivity index (χ3v) is 9.32. The van der Waals surface area contributed by atoms with Crippen LogP contribution in [-0.4, -0.2) is 12.5 Å². The Labute approximate surface area is 246 Å². The van der Waals surface area contributed by atoms with Crippen molar-refractivity contribution in [3.8, 4) is 22.3 Å². The molecule has 0 aliphatic rings. The molecule has 0 unspecified atom stereocenters. The monoisotopic (exact) mass is 552 g/mol. The predicted octanol–water partition coefficient (Wildman–Crippen LogP) is 11.6. The Hall–Kier alpha value is -3.72. The zero-order chi connectivity index (χ0) is 27.6. The van der Waals surface area contributed by atoms with Gasteiger partial charge in [-0.25, -0.2) is 0 Å². The van der Waals surface area contributed by atoms with E-state index >= 15 is 0 Å². The van der Waals surface area contributed by atoms with Crippen LogP contribution in [-0.2, 0) is 0 Å². The van der Waals surface area contributed by atoms with Crippen LogP contribution in [0.4, 0.5) is 0 Å². The lowest BCUT2D eigenvalue weighted by atomic mass is 9.96. The number of aryl methyl sites for hydroxylation is 2. The lowest BCUT2D eigenvalue weighted by Crippen LogP contribution is -1.87. The molecule has 0 heterocycles. The maximum Gasteiger partial charge on any atom is 0.0148 e. The van der Waals surface area contributed by atoms with E-state index in [4.69, 9.17) is 0 Å². The van der Waals surface area contributed by atoms with Gasteiger partial charge >= 0.3 is 0 Å². The molecule has 0 nitrogen and oxygen atoms in total. The number of benzene rings is 6. The van der Waals surface area contributed by atoms with Crippen molar-refractivity contribution in [2.75, 3.05) is 12.5 Å². The summed E-state index contributed by atoms with van der Waals surface area (Å²) in [6.07, 6.45) is 8.89. The molecule has 0 bridgehead atoms. The van der Waals surface area contributed by atoms with Crippen LogP contribution in [0.1, 0.15) is 22.3 Å². The van der Waals surface area contributed by atoms with Gasteiger partial charge in [0.2, 0.25) is 0 Å². The second-order valence-corrected chi connectivity index (χ2v) is 12.0. The second-order valence-electron chi connectivity index (χ2n) is 10.3. The van der Waals surface area contributed by atoms with Gasteiger partial charge in [-0.2, -0.15) is 0 Å². The zero-order valence-electron chi connectivity index (χ0n) is 23.4. The molecule has 0 spiro atoms. The van der Waals surface area contributed by atoms with Gasteiger partial charge in [-0.05, 0) is 129 Å². The van der Waals surface area contributed by atoms with Crippen LogP contribution >= 0.6 is 23.5 Å². The molecule has 6 aromatic carbocycles. The van der Waals surface area contributed by atoms with Gasteiger partial charge in [0.05, 0.1) is 0 Å². The third kappa shape index (κ3) is 5.22. The van der Waals surface area contributed by atoms with E-state index in [0.29, 0.717) is 0 Å². The molecular formula is C38H32S2. The van der Waals surface area contributed by atoms with Gasteiger partial charge in [-0.3, -0.25) is 0 Å². The first kappa shape index (κ1) is 26.5. The Balaban J connectivity index is 1.36. The van der Waals surface area contributed by atoms with E-state index < -0.39 is 0 Å². The van der Waals surface area contributed by atoms with Crippen LogP contribution in [0.15, 0.2) is 119 Å². The standard InChI is InChI=1S/C38H32S2/c1-25-9-5-7-11-35(25)29-15-13-27-19-31(37(39-3)23-33(27)21-29)17-18-32-20-28-14-16-30(22-34(28)24-38(32)40-4)36-12-8-6-10-26(36)2/h5-24H,1-4H3/b18-17+. The fourth-order valence-electron chi connectivity index (χ4n) is 5.51. The van der Waals surface area contributed by atoms with E-state index in [1.807, 2.05) is 0 Å². The molecule has 0 amide bonds. The van der Waals surface area contributed by atoms with Crippen molar-refractivity contribution in [2.24, 2.45) is 0 Å². The smallest absolute Gasteiger partial charge is 0.0148 e. The van der Waals surface area contributed by atoms with Crippen molar-refractivity contribution < 1.29 is 0 Å². The zero-order valence-corrected chi connectivity index (χ0v) is 25.0. The fourth-order valence-corrected chi connectivity index (χ4v) is 6.73. The number of hydrogen-bond acceptors (Lipinski definition) is 2. The maximum absolute atomic E-state index is 2.34. The van der Waals surface area contributed by atoms with Gasteiger partial charge in [-0.15, -0.1) is 23.5 Å². The molecule has 0 radical (unpaired) electrons. The molecule has 0 saturated heterocycles. The summed E-state index contributed by atoms with van der Waals surface area (Å²) in [6.45, 7) is 4.36. The van der Waals surface area contributed by atoms with E-state index in [0.717, 1.165) is 0 Å². The summed E-state index contributed by atoms with van der Waals surface area (Å²) >= 11 is 3.61. The van der Waals surface area contributed by atoms with Crippen LogP contribution in [0.25, 0.3) is 56.0 Å². The molecule has 0 fully saturated rings. The number of rotatable bonds is 6. The van der Waals surface area contributed by atoms with Crippen molar-refractivity contribution in [3.05, 3.63) is 131 Å². The second kappa shape index (κ2) is 11.4. The molecule has 0 aliphatic carbocycles. The minimum absolute atomic E-state index is 1.26. The van der Waals surface area contributed by atoms with Gasteiger partial charge in [0.1, 0.15) is 0 Å². The quantitative estimate of drug-likeness (QED) is 0.149. The minimum atomic E-state index is 1.26. The Bertz CT molecular complexity index is 1760. The first-order valence-corrected chi connectivity index (χ1v) is 16.0. The summed E-state index contributed by atoms with van der Waals surface area (Å²) in [7, 11) is 0. The van der Waals surface area contributed by atoms with Gasteiger partial charge < -0.3 is 0 Å². The highest BCUT2D eigenvalue weighted by molar-refractivity contribution is 7.99. The average molecular weight is 553 g/mol. The Morgan fingerprint density at radius 1 is 0.450 bits per heavy atom. The molecular weight excluding hydrogens is 521 g/mol. The largest absolute Gasteiger partial charge is 0.129 e. The highest BCUT2D eigenvalue weighted by Crippen LogP contribution is 2.35. The van der Waals surface area contributed by atoms with Gasteiger partial charge in [-0.1, -0.05) is 84.9 Å². The minimum Gasteiger partial charge on any atom is -0.129 e. The van der Waals surface area contributed by atoms with E-state index in [2.05, 4.69) is 148 Å². The number of hydrogen-bond donors (Lipinski definition) is 0. The van der Waals surface area contributed by atoms with Crippen LogP contribution in [0.2, 0.25) is 0 Å². The molecule has 6 aromatic rings. The molecule has 196 valence electrons. The van der Waals surface area contributed by atoms with E-state index in [1.165, 1.54) is 75.8 Å². The first-order valence-electron chi connectivity index (χ1n) is 13.6. The van der Waals surface area contributed by atoms with E-state index in [-0.39, 0.29) is 0 Å². The van der Waals surface area contributed by atoms with Gasteiger partial charge in [0.15, 0.2) is 0 Å². The summed E-state index contributed by atoms with van der Waals surface area (Å²) < 4.78 is 0. The number of fused-ring (bicyclic) bond motifs is 2. The lowest BCUT2D eigenvalue weighted by molar-refractivity contribution is 1.44. The van der Waals surface area contributed by atoms with E-state index in [9.17, 15) is 0 Å². The molecule has 0 aliphatic heterocycles. The molecule has 0 atom stereocenters. The summed E-state index contributed by atoms with van der Waals surface area (Å²) in [6, 6.07) is 40.2. The van der Waals surface area contributed by atoms with Crippen LogP contribution in [0, 0.1) is 13.8 Å². The molecule has 0 N–H and O–H groups in total. The van der Waals surface area contributed by atoms with Crippen molar-refractivity contribution in [3.63, 3.8) is 0 Å². The molecule has 0 aromatic heterocycles. The van der Waals surface area contributed by atoms with Crippen molar-refractivity contribution in [2.45, 2.75) is 23.6 Å². The lowest BCUT2D eigenvalue weighted by Gasteiger charge is -2.11. The Kier molecular flexibility index (Phi) is 7.56. The topological polar surface area (TPSA) is 0 Å². The van der Waals surface area contributed by atoms with Crippen LogP contribution < -0.4 is 0 Å². The molecule has 0 saturated carbocycles. The highest BCUT2D eigenvalue weighted by Gasteiger charge is 2.09. The normalized spacial score (nSPS) is 11.6.